The van der Waals surface area contributed by atoms with Gasteiger partial charge >= 0.3 is 0 Å². The third-order valence-corrected chi connectivity index (χ3v) is 4.12. The first kappa shape index (κ1) is 17.1. The predicted molar refractivity (Wildman–Crippen MR) is 94.3 cm³/mol. The van der Waals surface area contributed by atoms with Gasteiger partial charge in [-0.05, 0) is 23.0 Å². The molecule has 2 heteroatoms. The van der Waals surface area contributed by atoms with E-state index >= 15 is 0 Å². The van der Waals surface area contributed by atoms with Gasteiger partial charge in [0.1, 0.15) is 0 Å². The number of Topliss-reactive ketones (excluding diaryl/α,β-unsaturated/α-hetero) is 2. The maximum Gasteiger partial charge on any atom is 0.170 e. The lowest BCUT2D eigenvalue weighted by Crippen LogP contribution is -2.09. The molecule has 0 spiro atoms. The number of hydrogen-bond donors (Lipinski definition) is 0. The van der Waals surface area contributed by atoms with E-state index in [1.54, 1.807) is 0 Å². The summed E-state index contributed by atoms with van der Waals surface area (Å²) in [5, 5.41) is 0. The summed E-state index contributed by atoms with van der Waals surface area (Å²) in [7, 11) is 0. The highest BCUT2D eigenvalue weighted by Crippen LogP contribution is 2.18. The van der Waals surface area contributed by atoms with Crippen LogP contribution in [-0.2, 0) is 0 Å². The zero-order chi connectivity index (χ0) is 17.0. The topological polar surface area (TPSA) is 34.1 Å². The van der Waals surface area contributed by atoms with Crippen LogP contribution >= 0.6 is 0 Å². The lowest BCUT2D eigenvalue weighted by Gasteiger charge is -2.07. The lowest BCUT2D eigenvalue weighted by molar-refractivity contribution is 0.0894. The van der Waals surface area contributed by atoms with Crippen LogP contribution in [-0.4, -0.2) is 11.6 Å². The minimum absolute atomic E-state index is 0.0813. The Balaban J connectivity index is 2.05. The molecular formula is C21H24O2. The van der Waals surface area contributed by atoms with Gasteiger partial charge in [-0.3, -0.25) is 9.59 Å². The molecule has 0 heterocycles. The Morgan fingerprint density at radius 3 is 1.22 bits per heavy atom. The van der Waals surface area contributed by atoms with Crippen molar-refractivity contribution in [2.75, 3.05) is 0 Å². The summed E-state index contributed by atoms with van der Waals surface area (Å²) < 4.78 is 0. The van der Waals surface area contributed by atoms with Crippen molar-refractivity contribution in [1.29, 1.82) is 0 Å². The van der Waals surface area contributed by atoms with Crippen LogP contribution in [0.15, 0.2) is 48.5 Å². The van der Waals surface area contributed by atoms with E-state index in [2.05, 4.69) is 27.7 Å². The van der Waals surface area contributed by atoms with Crippen LogP contribution in [0.1, 0.15) is 77.8 Å². The first-order valence-corrected chi connectivity index (χ1v) is 8.14. The third-order valence-electron chi connectivity index (χ3n) is 4.12. The van der Waals surface area contributed by atoms with Crippen molar-refractivity contribution in [3.8, 4) is 0 Å². The fraction of sp³-hybridized carbons (Fsp3) is 0.333. The molecule has 23 heavy (non-hydrogen) atoms. The van der Waals surface area contributed by atoms with Gasteiger partial charge in [0.05, 0.1) is 6.42 Å². The van der Waals surface area contributed by atoms with Gasteiger partial charge in [0.15, 0.2) is 11.6 Å². The molecule has 0 aromatic heterocycles. The van der Waals surface area contributed by atoms with Crippen LogP contribution in [0.3, 0.4) is 0 Å². The SMILES string of the molecule is CC(C)c1ccc(C(=O)CC(=O)c2ccc(C(C)C)cc2)cc1. The molecule has 0 aliphatic carbocycles. The highest BCUT2D eigenvalue weighted by atomic mass is 16.1. The molecule has 0 amide bonds. The number of benzene rings is 2. The van der Waals surface area contributed by atoms with Crippen molar-refractivity contribution in [2.45, 2.75) is 46.0 Å². The Labute approximate surface area is 138 Å². The fourth-order valence-electron chi connectivity index (χ4n) is 2.46. The van der Waals surface area contributed by atoms with Crippen molar-refractivity contribution in [3.05, 3.63) is 70.8 Å². The maximum atomic E-state index is 12.3. The van der Waals surface area contributed by atoms with Gasteiger partial charge < -0.3 is 0 Å². The molecule has 2 aromatic rings. The van der Waals surface area contributed by atoms with Crippen LogP contribution in [0, 0.1) is 0 Å². The molecule has 0 fully saturated rings. The zero-order valence-corrected chi connectivity index (χ0v) is 14.3. The molecular weight excluding hydrogens is 284 g/mol. The fourth-order valence-corrected chi connectivity index (χ4v) is 2.46. The van der Waals surface area contributed by atoms with E-state index in [9.17, 15) is 9.59 Å². The Morgan fingerprint density at radius 1 is 0.652 bits per heavy atom. The van der Waals surface area contributed by atoms with E-state index in [-0.39, 0.29) is 18.0 Å². The molecule has 0 atom stereocenters. The number of carbonyl (C=O) groups excluding carboxylic acids is 2. The van der Waals surface area contributed by atoms with Crippen molar-refractivity contribution in [1.82, 2.24) is 0 Å². The molecule has 0 bridgehead atoms. The molecule has 0 saturated carbocycles. The Morgan fingerprint density at radius 2 is 0.957 bits per heavy atom. The number of ketones is 2. The smallest absolute Gasteiger partial charge is 0.170 e. The van der Waals surface area contributed by atoms with Crippen LogP contribution in [0.2, 0.25) is 0 Å². The minimum Gasteiger partial charge on any atom is -0.294 e. The molecule has 120 valence electrons. The van der Waals surface area contributed by atoms with Gasteiger partial charge in [0.25, 0.3) is 0 Å². The van der Waals surface area contributed by atoms with Gasteiger partial charge in [-0.2, -0.15) is 0 Å². The molecule has 2 rings (SSSR count). The van der Waals surface area contributed by atoms with Crippen LogP contribution < -0.4 is 0 Å². The highest BCUT2D eigenvalue weighted by molar-refractivity contribution is 6.13. The van der Waals surface area contributed by atoms with Gasteiger partial charge in [0, 0.05) is 11.1 Å². The summed E-state index contributed by atoms with van der Waals surface area (Å²) in [6.45, 7) is 8.45. The second kappa shape index (κ2) is 7.36. The normalized spacial score (nSPS) is 11.0. The van der Waals surface area contributed by atoms with E-state index in [0.717, 1.165) is 0 Å². The Kier molecular flexibility index (Phi) is 5.49. The summed E-state index contributed by atoms with van der Waals surface area (Å²) >= 11 is 0. The second-order valence-electron chi connectivity index (χ2n) is 6.58. The van der Waals surface area contributed by atoms with Gasteiger partial charge in [-0.15, -0.1) is 0 Å². The van der Waals surface area contributed by atoms with Crippen molar-refractivity contribution in [2.24, 2.45) is 0 Å². The third kappa shape index (κ3) is 4.38. The minimum atomic E-state index is -0.127. The van der Waals surface area contributed by atoms with E-state index in [0.29, 0.717) is 23.0 Å². The van der Waals surface area contributed by atoms with Crippen molar-refractivity contribution < 1.29 is 9.59 Å². The quantitative estimate of drug-likeness (QED) is 0.529. The average Bonchev–Trinajstić information content (AvgIpc) is 2.54. The van der Waals surface area contributed by atoms with Gasteiger partial charge in [-0.1, -0.05) is 76.2 Å². The van der Waals surface area contributed by atoms with Crippen molar-refractivity contribution >= 4 is 11.6 Å². The van der Waals surface area contributed by atoms with E-state index in [4.69, 9.17) is 0 Å². The number of hydrogen-bond acceptors (Lipinski definition) is 2. The molecule has 0 aliphatic heterocycles. The molecule has 0 aliphatic rings. The number of rotatable bonds is 6. The summed E-state index contributed by atoms with van der Waals surface area (Å²) in [6, 6.07) is 15.1. The monoisotopic (exact) mass is 308 g/mol. The molecule has 2 aromatic carbocycles. The van der Waals surface area contributed by atoms with Crippen LogP contribution in [0.4, 0.5) is 0 Å². The lowest BCUT2D eigenvalue weighted by atomic mass is 9.96. The molecule has 0 saturated heterocycles. The summed E-state index contributed by atoms with van der Waals surface area (Å²) in [5.41, 5.74) is 3.58. The Bertz CT molecular complexity index is 615. The van der Waals surface area contributed by atoms with Gasteiger partial charge in [-0.25, -0.2) is 0 Å². The summed E-state index contributed by atoms with van der Waals surface area (Å²) in [6.07, 6.45) is -0.0813. The first-order chi connectivity index (χ1) is 10.9. The number of carbonyl (C=O) groups is 2. The summed E-state index contributed by atoms with van der Waals surface area (Å²) in [5.74, 6) is 0.608. The average molecular weight is 308 g/mol. The second-order valence-corrected chi connectivity index (χ2v) is 6.58. The predicted octanol–water partition coefficient (Wildman–Crippen LogP) is 5.39. The zero-order valence-electron chi connectivity index (χ0n) is 14.3. The van der Waals surface area contributed by atoms with E-state index in [1.807, 2.05) is 48.5 Å². The van der Waals surface area contributed by atoms with E-state index in [1.165, 1.54) is 11.1 Å². The molecule has 0 unspecified atom stereocenters. The van der Waals surface area contributed by atoms with Crippen molar-refractivity contribution in [3.63, 3.8) is 0 Å². The van der Waals surface area contributed by atoms with Crippen LogP contribution in [0.5, 0.6) is 0 Å². The largest absolute Gasteiger partial charge is 0.294 e. The molecule has 2 nitrogen and oxygen atoms in total. The molecule has 0 radical (unpaired) electrons. The maximum absolute atomic E-state index is 12.3. The standard InChI is InChI=1S/C21H24O2/c1-14(2)16-5-9-18(10-6-16)20(22)13-21(23)19-11-7-17(8-12-19)15(3)4/h5-12,14-15H,13H2,1-4H3. The van der Waals surface area contributed by atoms with Crippen LogP contribution in [0.25, 0.3) is 0 Å². The molecule has 0 N–H and O–H groups in total. The van der Waals surface area contributed by atoms with Gasteiger partial charge in [0.2, 0.25) is 0 Å². The highest BCUT2D eigenvalue weighted by Gasteiger charge is 2.14. The van der Waals surface area contributed by atoms with E-state index < -0.39 is 0 Å². The first-order valence-electron chi connectivity index (χ1n) is 8.14. The Hall–Kier alpha value is -2.22. The summed E-state index contributed by atoms with van der Waals surface area (Å²) in [4.78, 5) is 24.5.